The van der Waals surface area contributed by atoms with Crippen molar-refractivity contribution in [1.29, 1.82) is 0 Å². The van der Waals surface area contributed by atoms with E-state index in [4.69, 9.17) is 9.39 Å². The predicted octanol–water partition coefficient (Wildman–Crippen LogP) is 2.06. The molecule has 3 rings (SSSR count). The maximum atomic E-state index is 13.4. The van der Waals surface area contributed by atoms with E-state index in [2.05, 4.69) is 10.7 Å². The van der Waals surface area contributed by atoms with Crippen LogP contribution < -0.4 is 20.9 Å². The smallest absolute Gasteiger partial charge is 0.494 e. The van der Waals surface area contributed by atoms with E-state index in [9.17, 15) is 14.6 Å². The molecule has 0 radical (unpaired) electrons. The molecule has 8 nitrogen and oxygen atoms in total. The Labute approximate surface area is 182 Å². The summed E-state index contributed by atoms with van der Waals surface area (Å²) in [5.74, 6) is -0.190. The maximum absolute atomic E-state index is 13.4. The summed E-state index contributed by atoms with van der Waals surface area (Å²) in [6.45, 7) is 9.05. The van der Waals surface area contributed by atoms with Crippen molar-refractivity contribution in [1.82, 2.24) is 10.4 Å². The van der Waals surface area contributed by atoms with Gasteiger partial charge in [-0.15, -0.1) is 0 Å². The first-order valence-corrected chi connectivity index (χ1v) is 10.1. The van der Waals surface area contributed by atoms with E-state index in [1.165, 1.54) is 5.01 Å². The number of ether oxygens (including phenoxy) is 1. The fraction of sp³-hybridized carbons (Fsp3) is 0.364. The van der Waals surface area contributed by atoms with Crippen LogP contribution in [0, 0.1) is 6.92 Å². The number of rotatable bonds is 3. The molecule has 2 aromatic carbocycles. The summed E-state index contributed by atoms with van der Waals surface area (Å²) < 4.78 is 10.6. The molecular formula is C22H28BN3O5. The molecule has 0 fully saturated rings. The van der Waals surface area contributed by atoms with Crippen molar-refractivity contribution in [3.05, 3.63) is 53.1 Å². The molecule has 0 saturated heterocycles. The second kappa shape index (κ2) is 8.60. The lowest BCUT2D eigenvalue weighted by Crippen LogP contribution is -2.56. The van der Waals surface area contributed by atoms with Gasteiger partial charge in [0, 0.05) is 27.8 Å². The number of nitrogens with zero attached hydrogens (tertiary/aromatic N) is 1. The van der Waals surface area contributed by atoms with Gasteiger partial charge >= 0.3 is 7.12 Å². The first kappa shape index (κ1) is 22.6. The minimum Gasteiger partial charge on any atom is -0.496 e. The molecule has 164 valence electrons. The number of nitrogens with one attached hydrogen (secondary N) is 2. The normalized spacial score (nSPS) is 15.6. The molecule has 9 heteroatoms. The summed E-state index contributed by atoms with van der Waals surface area (Å²) in [5, 5.41) is 14.5. The average Bonchev–Trinajstić information content (AvgIpc) is 2.70. The van der Waals surface area contributed by atoms with Gasteiger partial charge in [0.25, 0.3) is 11.8 Å². The molecule has 1 unspecified atom stereocenters. The Bertz CT molecular complexity index is 1010. The van der Waals surface area contributed by atoms with Crippen LogP contribution in [0.25, 0.3) is 0 Å². The fourth-order valence-electron chi connectivity index (χ4n) is 3.44. The zero-order chi connectivity index (χ0) is 22.9. The van der Waals surface area contributed by atoms with E-state index in [-0.39, 0.29) is 5.91 Å². The number of carbonyl (C=O) groups is 2. The van der Waals surface area contributed by atoms with Crippen molar-refractivity contribution in [3.63, 3.8) is 0 Å². The lowest BCUT2D eigenvalue weighted by atomic mass is 9.76. The van der Waals surface area contributed by atoms with Crippen LogP contribution in [0.3, 0.4) is 0 Å². The lowest BCUT2D eigenvalue weighted by Gasteiger charge is -2.36. The van der Waals surface area contributed by atoms with E-state index in [1.54, 1.807) is 57.4 Å². The third-order valence-electron chi connectivity index (χ3n) is 5.09. The molecule has 2 amide bonds. The third kappa shape index (κ3) is 4.67. The number of methoxy groups -OCH3 is 1. The highest BCUT2D eigenvalue weighted by Crippen LogP contribution is 2.23. The number of anilines is 1. The summed E-state index contributed by atoms with van der Waals surface area (Å²) in [7, 11) is 0.479. The van der Waals surface area contributed by atoms with Crippen LogP contribution >= 0.6 is 0 Å². The number of benzene rings is 2. The SMILES string of the molecule is COc1cccc(C(=O)NN(C(=O)c2ccc3c(c2)NC(C)OB3O)C(C)(C)C)c1C. The van der Waals surface area contributed by atoms with Crippen molar-refractivity contribution < 1.29 is 24.0 Å². The average molecular weight is 425 g/mol. The van der Waals surface area contributed by atoms with E-state index in [0.717, 1.165) is 0 Å². The topological polar surface area (TPSA) is 100 Å². The van der Waals surface area contributed by atoms with Crippen LogP contribution in [0.4, 0.5) is 5.69 Å². The van der Waals surface area contributed by atoms with Gasteiger partial charge in [-0.05, 0) is 58.9 Å². The first-order valence-electron chi connectivity index (χ1n) is 10.1. The molecule has 2 aromatic rings. The van der Waals surface area contributed by atoms with Gasteiger partial charge in [0.1, 0.15) is 12.0 Å². The standard InChI is InChI=1S/C22H28BN3O5/c1-13-16(8-7-9-19(13)30-6)20(27)25-26(22(3,4)5)21(28)15-10-11-17-18(12-15)24-14(2)31-23(17)29/h7-12,14,24,29H,1-6H3,(H,25,27). The number of hydrazine groups is 1. The molecule has 1 atom stereocenters. The Morgan fingerprint density at radius 3 is 2.61 bits per heavy atom. The monoisotopic (exact) mass is 425 g/mol. The molecular weight excluding hydrogens is 397 g/mol. The Kier molecular flexibility index (Phi) is 6.29. The first-order chi connectivity index (χ1) is 14.5. The van der Waals surface area contributed by atoms with Gasteiger partial charge in [0.05, 0.1) is 12.6 Å². The molecule has 1 aliphatic rings. The summed E-state index contributed by atoms with van der Waals surface area (Å²) in [6, 6.07) is 10.1. The van der Waals surface area contributed by atoms with Gasteiger partial charge in [-0.2, -0.15) is 0 Å². The summed E-state index contributed by atoms with van der Waals surface area (Å²) in [5.41, 5.74) is 4.69. The minimum absolute atomic E-state index is 0.366. The van der Waals surface area contributed by atoms with Crippen LogP contribution in [-0.4, -0.2) is 47.8 Å². The van der Waals surface area contributed by atoms with Crippen molar-refractivity contribution in [3.8, 4) is 5.75 Å². The molecule has 0 aliphatic carbocycles. The molecule has 0 saturated carbocycles. The number of amides is 2. The molecule has 3 N–H and O–H groups in total. The number of hydrogen-bond acceptors (Lipinski definition) is 6. The third-order valence-corrected chi connectivity index (χ3v) is 5.09. The largest absolute Gasteiger partial charge is 0.496 e. The van der Waals surface area contributed by atoms with Crippen LogP contribution in [-0.2, 0) is 4.65 Å². The second-order valence-corrected chi connectivity index (χ2v) is 8.46. The summed E-state index contributed by atoms with van der Waals surface area (Å²) in [6.07, 6.45) is -0.401. The maximum Gasteiger partial charge on any atom is 0.494 e. The second-order valence-electron chi connectivity index (χ2n) is 8.46. The van der Waals surface area contributed by atoms with E-state index in [1.807, 2.05) is 20.8 Å². The molecule has 1 aliphatic heterocycles. The van der Waals surface area contributed by atoms with E-state index in [0.29, 0.717) is 33.6 Å². The van der Waals surface area contributed by atoms with Crippen molar-refractivity contribution in [2.75, 3.05) is 12.4 Å². The zero-order valence-electron chi connectivity index (χ0n) is 18.6. The Balaban J connectivity index is 1.91. The molecule has 0 aromatic heterocycles. The highest BCUT2D eigenvalue weighted by Gasteiger charge is 2.33. The van der Waals surface area contributed by atoms with Crippen molar-refractivity contribution in [2.24, 2.45) is 0 Å². The van der Waals surface area contributed by atoms with Gasteiger partial charge in [-0.1, -0.05) is 12.1 Å². The van der Waals surface area contributed by atoms with Gasteiger partial charge < -0.3 is 19.7 Å². The Morgan fingerprint density at radius 1 is 1.26 bits per heavy atom. The summed E-state index contributed by atoms with van der Waals surface area (Å²) >= 11 is 0. The highest BCUT2D eigenvalue weighted by atomic mass is 16.5. The van der Waals surface area contributed by atoms with Gasteiger partial charge in [-0.25, -0.2) is 5.01 Å². The quantitative estimate of drug-likeness (QED) is 0.514. The van der Waals surface area contributed by atoms with Crippen LogP contribution in [0.5, 0.6) is 5.75 Å². The zero-order valence-corrected chi connectivity index (χ0v) is 18.6. The van der Waals surface area contributed by atoms with Crippen LogP contribution in [0.1, 0.15) is 54.0 Å². The summed E-state index contributed by atoms with van der Waals surface area (Å²) in [4.78, 5) is 26.4. The van der Waals surface area contributed by atoms with Crippen LogP contribution in [0.2, 0.25) is 0 Å². The van der Waals surface area contributed by atoms with E-state index < -0.39 is 24.8 Å². The van der Waals surface area contributed by atoms with Crippen molar-refractivity contribution >= 4 is 30.1 Å². The van der Waals surface area contributed by atoms with Gasteiger partial charge in [0.15, 0.2) is 0 Å². The lowest BCUT2D eigenvalue weighted by molar-refractivity contribution is 0.0358. The highest BCUT2D eigenvalue weighted by molar-refractivity contribution is 6.62. The van der Waals surface area contributed by atoms with Crippen LogP contribution in [0.15, 0.2) is 36.4 Å². The molecule has 0 bridgehead atoms. The fourth-order valence-corrected chi connectivity index (χ4v) is 3.44. The molecule has 1 heterocycles. The van der Waals surface area contributed by atoms with Gasteiger partial charge in [-0.3, -0.25) is 15.0 Å². The minimum atomic E-state index is -1.06. The molecule has 31 heavy (non-hydrogen) atoms. The van der Waals surface area contributed by atoms with Gasteiger partial charge in [0.2, 0.25) is 0 Å². The number of carbonyl (C=O) groups excluding carboxylic acids is 2. The van der Waals surface area contributed by atoms with E-state index >= 15 is 0 Å². The van der Waals surface area contributed by atoms with Crippen molar-refractivity contribution in [2.45, 2.75) is 46.4 Å². The predicted molar refractivity (Wildman–Crippen MR) is 119 cm³/mol. The molecule has 0 spiro atoms. The number of fused-ring (bicyclic) bond motifs is 1. The Morgan fingerprint density at radius 2 is 1.97 bits per heavy atom. The Hall–Kier alpha value is -3.04. The number of hydrogen-bond donors (Lipinski definition) is 3.